The molecule has 1 rings (SSSR count). The van der Waals surface area contributed by atoms with Crippen LogP contribution in [0.2, 0.25) is 0 Å². The first-order valence-corrected chi connectivity index (χ1v) is 6.57. The van der Waals surface area contributed by atoms with Gasteiger partial charge in [-0.05, 0) is 20.3 Å². The molecular weight excluding hydrogens is 276 g/mol. The molecule has 1 heterocycles. The average Bonchev–Trinajstić information content (AvgIpc) is 2.42. The maximum atomic E-state index is 11.3. The van der Waals surface area contributed by atoms with Crippen LogP contribution in [0, 0.1) is 15.5 Å². The molecule has 21 heavy (non-hydrogen) atoms. The summed E-state index contributed by atoms with van der Waals surface area (Å²) in [5.41, 5.74) is 4.17. The number of carbonyl (C=O) groups excluding carboxylic acids is 1. The highest BCUT2D eigenvalue weighted by atomic mass is 16.6. The number of aromatic nitrogens is 2. The van der Waals surface area contributed by atoms with Gasteiger partial charge in [0.25, 0.3) is 0 Å². The summed E-state index contributed by atoms with van der Waals surface area (Å²) < 4.78 is 0. The van der Waals surface area contributed by atoms with Crippen LogP contribution >= 0.6 is 0 Å². The fourth-order valence-electron chi connectivity index (χ4n) is 1.35. The van der Waals surface area contributed by atoms with E-state index in [9.17, 15) is 14.9 Å². The van der Waals surface area contributed by atoms with Crippen LogP contribution in [0.4, 0.5) is 17.5 Å². The third kappa shape index (κ3) is 4.55. The summed E-state index contributed by atoms with van der Waals surface area (Å²) in [6, 6.07) is 0. The lowest BCUT2D eigenvalue weighted by Gasteiger charge is -2.21. The van der Waals surface area contributed by atoms with Crippen molar-refractivity contribution in [3.8, 4) is 0 Å². The molecule has 0 spiro atoms. The van der Waals surface area contributed by atoms with Crippen molar-refractivity contribution in [1.82, 2.24) is 9.97 Å². The van der Waals surface area contributed by atoms with Gasteiger partial charge in [0.1, 0.15) is 6.20 Å². The zero-order chi connectivity index (χ0) is 16.0. The van der Waals surface area contributed by atoms with Gasteiger partial charge in [0.05, 0.1) is 10.3 Å². The third-order valence-corrected chi connectivity index (χ3v) is 2.86. The molecule has 1 aromatic rings. The van der Waals surface area contributed by atoms with E-state index in [0.717, 1.165) is 12.6 Å². The molecule has 0 saturated carbocycles. The third-order valence-electron chi connectivity index (χ3n) is 2.86. The number of carbonyl (C=O) groups is 1. The molecule has 0 radical (unpaired) electrons. The number of nitrogens with two attached hydrogens (primary N) is 1. The standard InChI is InChI=1S/C12H20N6O3/c1-4-5-14-11-15-6-8(18(20)21)9(17-11)16-7-12(2,3)10(13)19/h6H,4-5,7H2,1-3H3,(H2,13,19)(H2,14,15,16,17). The minimum absolute atomic E-state index is 0.0583. The van der Waals surface area contributed by atoms with Crippen LogP contribution in [0.15, 0.2) is 6.20 Å². The Morgan fingerprint density at radius 2 is 2.14 bits per heavy atom. The highest BCUT2D eigenvalue weighted by Crippen LogP contribution is 2.24. The number of nitrogens with zero attached hydrogens (tertiary/aromatic N) is 3. The first kappa shape index (κ1) is 16.6. The number of amides is 1. The lowest BCUT2D eigenvalue weighted by molar-refractivity contribution is -0.384. The van der Waals surface area contributed by atoms with Crippen molar-refractivity contribution in [2.75, 3.05) is 23.7 Å². The maximum Gasteiger partial charge on any atom is 0.329 e. The van der Waals surface area contributed by atoms with Gasteiger partial charge in [-0.3, -0.25) is 14.9 Å². The van der Waals surface area contributed by atoms with Crippen molar-refractivity contribution >= 4 is 23.4 Å². The molecule has 0 saturated heterocycles. The summed E-state index contributed by atoms with van der Waals surface area (Å²) >= 11 is 0. The molecule has 0 aliphatic carbocycles. The fourth-order valence-corrected chi connectivity index (χ4v) is 1.35. The maximum absolute atomic E-state index is 11.3. The van der Waals surface area contributed by atoms with Crippen molar-refractivity contribution in [2.24, 2.45) is 11.1 Å². The van der Waals surface area contributed by atoms with Crippen LogP contribution in [0.5, 0.6) is 0 Å². The second kappa shape index (κ2) is 6.82. The minimum atomic E-state index is -0.851. The summed E-state index contributed by atoms with van der Waals surface area (Å²) in [6.45, 7) is 6.06. The van der Waals surface area contributed by atoms with Gasteiger partial charge in [0.2, 0.25) is 17.7 Å². The number of nitro groups is 1. The Labute approximate surface area is 122 Å². The molecule has 0 unspecified atom stereocenters. The van der Waals surface area contributed by atoms with E-state index in [0.29, 0.717) is 12.5 Å². The fraction of sp³-hybridized carbons (Fsp3) is 0.583. The van der Waals surface area contributed by atoms with Crippen LogP contribution < -0.4 is 16.4 Å². The van der Waals surface area contributed by atoms with Gasteiger partial charge < -0.3 is 16.4 Å². The largest absolute Gasteiger partial charge is 0.369 e. The normalized spacial score (nSPS) is 11.0. The van der Waals surface area contributed by atoms with Crippen molar-refractivity contribution in [2.45, 2.75) is 27.2 Å². The van der Waals surface area contributed by atoms with Gasteiger partial charge >= 0.3 is 5.69 Å². The Bertz CT molecular complexity index is 532. The minimum Gasteiger partial charge on any atom is -0.369 e. The van der Waals surface area contributed by atoms with Crippen LogP contribution in [-0.4, -0.2) is 33.9 Å². The number of nitrogens with one attached hydrogen (secondary N) is 2. The molecule has 4 N–H and O–H groups in total. The highest BCUT2D eigenvalue weighted by Gasteiger charge is 2.26. The molecule has 116 valence electrons. The summed E-state index contributed by atoms with van der Waals surface area (Å²) in [7, 11) is 0. The second-order valence-electron chi connectivity index (χ2n) is 5.21. The molecule has 0 aliphatic rings. The quantitative estimate of drug-likeness (QED) is 0.483. The molecule has 1 amide bonds. The Morgan fingerprint density at radius 1 is 1.48 bits per heavy atom. The smallest absolute Gasteiger partial charge is 0.329 e. The Morgan fingerprint density at radius 3 is 2.67 bits per heavy atom. The van der Waals surface area contributed by atoms with Gasteiger partial charge in [-0.2, -0.15) is 4.98 Å². The van der Waals surface area contributed by atoms with Crippen molar-refractivity contribution in [3.63, 3.8) is 0 Å². The van der Waals surface area contributed by atoms with Gasteiger partial charge in [0.15, 0.2) is 0 Å². The lowest BCUT2D eigenvalue weighted by Crippen LogP contribution is -2.37. The summed E-state index contributed by atoms with van der Waals surface area (Å²) in [5.74, 6) is -0.152. The Balaban J connectivity index is 2.95. The molecule has 0 bridgehead atoms. The van der Waals surface area contributed by atoms with Crippen molar-refractivity contribution in [3.05, 3.63) is 16.3 Å². The first-order valence-electron chi connectivity index (χ1n) is 6.57. The zero-order valence-corrected chi connectivity index (χ0v) is 12.3. The number of hydrogen-bond donors (Lipinski definition) is 3. The number of hydrogen-bond acceptors (Lipinski definition) is 7. The molecule has 1 aromatic heterocycles. The first-order chi connectivity index (χ1) is 9.77. The number of primary amides is 1. The number of anilines is 2. The van der Waals surface area contributed by atoms with E-state index in [-0.39, 0.29) is 18.1 Å². The monoisotopic (exact) mass is 296 g/mol. The zero-order valence-electron chi connectivity index (χ0n) is 12.3. The molecule has 0 fully saturated rings. The van der Waals surface area contributed by atoms with E-state index in [2.05, 4.69) is 20.6 Å². The molecule has 0 aromatic carbocycles. The van der Waals surface area contributed by atoms with Crippen molar-refractivity contribution in [1.29, 1.82) is 0 Å². The van der Waals surface area contributed by atoms with E-state index in [1.54, 1.807) is 13.8 Å². The SMILES string of the molecule is CCCNc1ncc([N+](=O)[O-])c(NCC(C)(C)C(N)=O)n1. The average molecular weight is 296 g/mol. The van der Waals surface area contributed by atoms with E-state index < -0.39 is 16.2 Å². The van der Waals surface area contributed by atoms with Crippen LogP contribution in [0.1, 0.15) is 27.2 Å². The molecule has 9 heteroatoms. The van der Waals surface area contributed by atoms with E-state index in [4.69, 9.17) is 5.73 Å². The van der Waals surface area contributed by atoms with E-state index in [1.807, 2.05) is 6.92 Å². The molecule has 9 nitrogen and oxygen atoms in total. The predicted octanol–water partition coefficient (Wildman–Crippen LogP) is 1.13. The van der Waals surface area contributed by atoms with Gasteiger partial charge in [-0.1, -0.05) is 6.92 Å². The summed E-state index contributed by atoms with van der Waals surface area (Å²) in [4.78, 5) is 29.6. The number of rotatable bonds is 8. The van der Waals surface area contributed by atoms with Crippen LogP contribution in [0.25, 0.3) is 0 Å². The van der Waals surface area contributed by atoms with Gasteiger partial charge in [-0.15, -0.1) is 0 Å². The van der Waals surface area contributed by atoms with Gasteiger partial charge in [0, 0.05) is 13.1 Å². The Hall–Kier alpha value is -2.45. The second-order valence-corrected chi connectivity index (χ2v) is 5.21. The lowest BCUT2D eigenvalue weighted by atomic mass is 9.93. The van der Waals surface area contributed by atoms with Crippen LogP contribution in [0.3, 0.4) is 0 Å². The molecular formula is C12H20N6O3. The predicted molar refractivity (Wildman–Crippen MR) is 78.9 cm³/mol. The highest BCUT2D eigenvalue weighted by molar-refractivity contribution is 5.80. The molecule has 0 aliphatic heterocycles. The molecule has 0 atom stereocenters. The summed E-state index contributed by atoms with van der Waals surface area (Å²) in [6.07, 6.45) is 2.00. The van der Waals surface area contributed by atoms with Crippen molar-refractivity contribution < 1.29 is 9.72 Å². The summed E-state index contributed by atoms with van der Waals surface area (Å²) in [5, 5.41) is 16.7. The van der Waals surface area contributed by atoms with Crippen LogP contribution in [-0.2, 0) is 4.79 Å². The van der Waals surface area contributed by atoms with Gasteiger partial charge in [-0.25, -0.2) is 4.98 Å². The Kier molecular flexibility index (Phi) is 5.39. The van der Waals surface area contributed by atoms with E-state index in [1.165, 1.54) is 0 Å². The topological polar surface area (TPSA) is 136 Å². The van der Waals surface area contributed by atoms with E-state index >= 15 is 0 Å².